The van der Waals surface area contributed by atoms with Crippen molar-refractivity contribution in [2.45, 2.75) is 64.3 Å². The minimum Gasteiger partial charge on any atom is -0.342 e. The number of thiazole rings is 1. The Hall–Kier alpha value is -3.15. The van der Waals surface area contributed by atoms with Crippen LogP contribution in [0.5, 0.6) is 0 Å². The second-order valence-corrected chi connectivity index (χ2v) is 9.70. The zero-order valence-corrected chi connectivity index (χ0v) is 19.3. The topological polar surface area (TPSA) is 91.7 Å². The molecule has 0 spiro atoms. The van der Waals surface area contributed by atoms with E-state index in [9.17, 15) is 18.0 Å². The first-order valence-corrected chi connectivity index (χ1v) is 12.1. The molecule has 2 aliphatic carbocycles. The number of aromatic nitrogens is 5. The highest BCUT2D eigenvalue weighted by molar-refractivity contribution is 7.13. The van der Waals surface area contributed by atoms with Crippen molar-refractivity contribution in [3.63, 3.8) is 0 Å². The van der Waals surface area contributed by atoms with E-state index >= 15 is 0 Å². The number of hydrogen-bond acceptors (Lipinski definition) is 6. The van der Waals surface area contributed by atoms with Gasteiger partial charge in [-0.3, -0.25) is 4.79 Å². The van der Waals surface area contributed by atoms with Crippen molar-refractivity contribution in [1.29, 1.82) is 0 Å². The lowest BCUT2D eigenvalue weighted by Gasteiger charge is -2.23. The second-order valence-electron chi connectivity index (χ2n) is 8.84. The number of pyridine rings is 1. The molecular formula is C22H22F3N7OS. The van der Waals surface area contributed by atoms with E-state index in [1.807, 2.05) is 23.3 Å². The van der Waals surface area contributed by atoms with Gasteiger partial charge in [-0.1, -0.05) is 0 Å². The molecule has 178 valence electrons. The summed E-state index contributed by atoms with van der Waals surface area (Å²) in [6.45, 7) is 4.39. The van der Waals surface area contributed by atoms with E-state index < -0.39 is 11.9 Å². The lowest BCUT2D eigenvalue weighted by atomic mass is 10.1. The Kier molecular flexibility index (Phi) is 4.67. The van der Waals surface area contributed by atoms with Gasteiger partial charge in [0.1, 0.15) is 22.4 Å². The highest BCUT2D eigenvalue weighted by Gasteiger charge is 2.44. The molecule has 1 amide bonds. The number of hydrogen-bond donors (Lipinski definition) is 2. The fraction of sp³-hybridized carbons (Fsp3) is 0.455. The highest BCUT2D eigenvalue weighted by Crippen LogP contribution is 2.41. The Morgan fingerprint density at radius 3 is 2.56 bits per heavy atom. The van der Waals surface area contributed by atoms with Crippen LogP contribution in [-0.2, 0) is 12.7 Å². The second kappa shape index (κ2) is 7.42. The summed E-state index contributed by atoms with van der Waals surface area (Å²) < 4.78 is 40.9. The van der Waals surface area contributed by atoms with Crippen LogP contribution < -0.4 is 5.32 Å². The molecule has 0 atom stereocenters. The first-order valence-electron chi connectivity index (χ1n) is 11.3. The van der Waals surface area contributed by atoms with Gasteiger partial charge in [0, 0.05) is 24.0 Å². The quantitative estimate of drug-likeness (QED) is 0.387. The molecule has 0 bridgehead atoms. The number of nitrogens with zero attached hydrogens (tertiary/aromatic N) is 5. The minimum absolute atomic E-state index is 0.0234. The molecule has 34 heavy (non-hydrogen) atoms. The zero-order valence-electron chi connectivity index (χ0n) is 18.5. The Labute approximate surface area is 196 Å². The first-order chi connectivity index (χ1) is 16.3. The molecule has 0 saturated heterocycles. The monoisotopic (exact) mass is 489 g/mol. The summed E-state index contributed by atoms with van der Waals surface area (Å²) in [4.78, 5) is 31.7. The van der Waals surface area contributed by atoms with E-state index in [2.05, 4.69) is 20.3 Å². The number of nitrogens with one attached hydrogen (secondary N) is 2. The Morgan fingerprint density at radius 2 is 1.97 bits per heavy atom. The molecule has 6 rings (SSSR count). The largest absolute Gasteiger partial charge is 0.434 e. The van der Waals surface area contributed by atoms with Crippen molar-refractivity contribution in [1.82, 2.24) is 29.4 Å². The molecule has 0 unspecified atom stereocenters. The highest BCUT2D eigenvalue weighted by atomic mass is 32.1. The van der Waals surface area contributed by atoms with E-state index in [0.717, 1.165) is 53.3 Å². The third-order valence-corrected chi connectivity index (χ3v) is 7.22. The molecule has 2 aliphatic rings. The van der Waals surface area contributed by atoms with Gasteiger partial charge < -0.3 is 19.8 Å². The van der Waals surface area contributed by atoms with Crippen molar-refractivity contribution >= 4 is 50.3 Å². The molecule has 2 fully saturated rings. The third kappa shape index (κ3) is 3.34. The van der Waals surface area contributed by atoms with Crippen LogP contribution in [0.15, 0.2) is 11.7 Å². The predicted molar refractivity (Wildman–Crippen MR) is 122 cm³/mol. The predicted octanol–water partition coefficient (Wildman–Crippen LogP) is 5.23. The number of aryl methyl sites for hydroxylation is 2. The van der Waals surface area contributed by atoms with E-state index in [1.165, 1.54) is 6.33 Å². The summed E-state index contributed by atoms with van der Waals surface area (Å²) in [6.07, 6.45) is 1.16. The van der Waals surface area contributed by atoms with Crippen molar-refractivity contribution in [3.05, 3.63) is 28.7 Å². The van der Waals surface area contributed by atoms with Crippen LogP contribution in [0, 0.1) is 6.92 Å². The lowest BCUT2D eigenvalue weighted by molar-refractivity contribution is -0.140. The van der Waals surface area contributed by atoms with Gasteiger partial charge in [-0.25, -0.2) is 15.0 Å². The van der Waals surface area contributed by atoms with Crippen LogP contribution in [0.25, 0.3) is 22.1 Å². The Morgan fingerprint density at radius 1 is 1.26 bits per heavy atom. The van der Waals surface area contributed by atoms with E-state index in [0.29, 0.717) is 46.8 Å². The van der Waals surface area contributed by atoms with Crippen LogP contribution in [-0.4, -0.2) is 47.4 Å². The van der Waals surface area contributed by atoms with Crippen LogP contribution in [0.2, 0.25) is 0 Å². The smallest absolute Gasteiger partial charge is 0.342 e. The molecule has 4 aromatic rings. The Balaban J connectivity index is 1.49. The summed E-state index contributed by atoms with van der Waals surface area (Å²) in [5, 5.41) is 4.73. The zero-order chi connectivity index (χ0) is 23.8. The summed E-state index contributed by atoms with van der Waals surface area (Å²) in [5.41, 5.74) is 2.21. The van der Waals surface area contributed by atoms with Gasteiger partial charge >= 0.3 is 6.18 Å². The first kappa shape index (κ1) is 21.4. The van der Waals surface area contributed by atoms with E-state index in [-0.39, 0.29) is 11.0 Å². The fourth-order valence-corrected chi connectivity index (χ4v) is 5.37. The van der Waals surface area contributed by atoms with Crippen LogP contribution in [0.3, 0.4) is 0 Å². The van der Waals surface area contributed by atoms with Crippen LogP contribution in [0.4, 0.5) is 24.1 Å². The van der Waals surface area contributed by atoms with Gasteiger partial charge in [0.05, 0.1) is 11.7 Å². The minimum atomic E-state index is -4.52. The van der Waals surface area contributed by atoms with Gasteiger partial charge in [0.15, 0.2) is 16.6 Å². The molecule has 0 aromatic carbocycles. The van der Waals surface area contributed by atoms with Crippen molar-refractivity contribution in [2.75, 3.05) is 5.32 Å². The summed E-state index contributed by atoms with van der Waals surface area (Å²) in [5.74, 6) is 0.339. The molecule has 2 N–H and O–H groups in total. The van der Waals surface area contributed by atoms with Gasteiger partial charge in [-0.15, -0.1) is 11.3 Å². The van der Waals surface area contributed by atoms with Gasteiger partial charge in [-0.05, 0) is 45.1 Å². The standard InChI is InChI=1S/C22H22F3N7OS/c1-3-31-17(20(33)32(11-4-5-11)12-6-7-12)10(2)14-15-16(27-9-26-15)18(29-19(14)31)30-21-28-13(8-34-21)22(23,24)25/h8-9,11-12H,3-7H2,1-2H3,(H,26,27)(H,28,29,30). The maximum atomic E-state index is 13.7. The summed E-state index contributed by atoms with van der Waals surface area (Å²) >= 11 is 0.851. The van der Waals surface area contributed by atoms with E-state index in [4.69, 9.17) is 4.98 Å². The number of carbonyl (C=O) groups excluding carboxylic acids is 1. The molecule has 0 aliphatic heterocycles. The van der Waals surface area contributed by atoms with E-state index in [1.54, 1.807) is 0 Å². The van der Waals surface area contributed by atoms with Gasteiger partial charge in [0.2, 0.25) is 0 Å². The molecule has 8 nitrogen and oxygen atoms in total. The number of alkyl halides is 3. The summed E-state index contributed by atoms with van der Waals surface area (Å²) in [7, 11) is 0. The molecule has 4 heterocycles. The van der Waals surface area contributed by atoms with Crippen molar-refractivity contribution in [3.8, 4) is 0 Å². The van der Waals surface area contributed by atoms with Crippen LogP contribution in [0.1, 0.15) is 54.4 Å². The molecular weight excluding hydrogens is 467 g/mol. The number of rotatable bonds is 6. The average molecular weight is 490 g/mol. The molecule has 4 aromatic heterocycles. The number of aromatic amines is 1. The number of fused-ring (bicyclic) bond motifs is 3. The fourth-order valence-electron chi connectivity index (χ4n) is 4.65. The normalized spacial score (nSPS) is 16.5. The maximum Gasteiger partial charge on any atom is 0.434 e. The number of halogens is 3. The maximum absolute atomic E-state index is 13.7. The number of H-pyrrole nitrogens is 1. The lowest BCUT2D eigenvalue weighted by Crippen LogP contribution is -2.36. The third-order valence-electron chi connectivity index (χ3n) is 6.46. The molecule has 0 radical (unpaired) electrons. The van der Waals surface area contributed by atoms with Crippen molar-refractivity contribution < 1.29 is 18.0 Å². The Bertz CT molecular complexity index is 1420. The molecule has 12 heteroatoms. The number of amides is 1. The molecule has 2 saturated carbocycles. The average Bonchev–Trinajstić information content (AvgIpc) is 3.67. The SMILES string of the molecule is CCn1c(C(=O)N(C2CC2)C2CC2)c(C)c2c3nc[nH]c3c(Nc3nc(C(F)(F)F)cs3)nc21. The number of anilines is 2. The summed E-state index contributed by atoms with van der Waals surface area (Å²) in [6, 6.07) is 0.622. The van der Waals surface area contributed by atoms with Crippen molar-refractivity contribution in [2.24, 2.45) is 0 Å². The number of carbonyl (C=O) groups is 1. The van der Waals surface area contributed by atoms with Crippen LogP contribution >= 0.6 is 11.3 Å². The number of imidazole rings is 1. The van der Waals surface area contributed by atoms with Gasteiger partial charge in [-0.2, -0.15) is 13.2 Å². The van der Waals surface area contributed by atoms with Gasteiger partial charge in [0.25, 0.3) is 5.91 Å².